The van der Waals surface area contributed by atoms with Gasteiger partial charge in [-0.3, -0.25) is 0 Å². The number of para-hydroxylation sites is 1. The van der Waals surface area contributed by atoms with Gasteiger partial charge in [-0.05, 0) is 23.4 Å². The van der Waals surface area contributed by atoms with E-state index in [9.17, 15) is 31.6 Å². The van der Waals surface area contributed by atoms with Gasteiger partial charge in [-0.25, -0.2) is 43.9 Å². The minimum Gasteiger partial charge on any atom is -0.516 e. The summed E-state index contributed by atoms with van der Waals surface area (Å²) in [5.74, 6) is -25.7. The summed E-state index contributed by atoms with van der Waals surface area (Å²) >= 11 is 0. The van der Waals surface area contributed by atoms with E-state index in [1.807, 2.05) is 0 Å². The van der Waals surface area contributed by atoms with E-state index in [0.717, 1.165) is 12.1 Å². The topological polar surface area (TPSA) is 27.0 Å². The number of nitrogens with zero attached hydrogens (tertiary/aromatic N) is 2. The van der Waals surface area contributed by atoms with Gasteiger partial charge in [0.2, 0.25) is 0 Å². The maximum atomic E-state index is 15.6. The minimum atomic E-state index is -4.51. The van der Waals surface area contributed by atoms with Crippen LogP contribution in [0.2, 0.25) is 0 Å². The fourth-order valence-corrected chi connectivity index (χ4v) is 5.48. The number of anilines is 1. The second kappa shape index (κ2) is 10.5. The van der Waals surface area contributed by atoms with Crippen LogP contribution in [0, 0.1) is 69.5 Å². The molecule has 0 bridgehead atoms. The predicted octanol–water partition coefficient (Wildman–Crippen LogP) is 2.13. The van der Waals surface area contributed by atoms with Gasteiger partial charge in [-0.1, -0.05) is 42.5 Å². The first-order valence-electron chi connectivity index (χ1n) is 11.0. The van der Waals surface area contributed by atoms with Crippen molar-refractivity contribution in [2.75, 3.05) is 4.81 Å². The van der Waals surface area contributed by atoms with E-state index < -0.39 is 86.9 Å². The normalized spacial score (nSPS) is 15.4. The van der Waals surface area contributed by atoms with Gasteiger partial charge in [-0.2, -0.15) is 10.7 Å². The molecule has 0 saturated carbocycles. The Morgan fingerprint density at radius 2 is 0.925 bits per heavy atom. The van der Waals surface area contributed by atoms with Gasteiger partial charge < -0.3 is 4.81 Å². The number of benzene rings is 4. The van der Waals surface area contributed by atoms with Gasteiger partial charge in [0.1, 0.15) is 29.3 Å². The molecule has 0 aromatic heterocycles. The predicted molar refractivity (Wildman–Crippen MR) is 121 cm³/mol. The number of hydrogen-bond acceptors (Lipinski definition) is 2. The molecule has 4 aromatic rings. The molecular formula is C26H10BF10N2Na. The molecule has 0 radical (unpaired) electrons. The fourth-order valence-electron chi connectivity index (χ4n) is 5.48. The molecule has 0 amide bonds. The van der Waals surface area contributed by atoms with Crippen molar-refractivity contribution in [3.05, 3.63) is 118 Å². The summed E-state index contributed by atoms with van der Waals surface area (Å²) < 4.78 is 149. The Labute approximate surface area is 241 Å². The van der Waals surface area contributed by atoms with Crippen molar-refractivity contribution in [1.29, 1.82) is 5.26 Å². The van der Waals surface area contributed by atoms with Crippen molar-refractivity contribution in [3.63, 3.8) is 0 Å². The van der Waals surface area contributed by atoms with Crippen molar-refractivity contribution in [2.24, 2.45) is 0 Å². The fraction of sp³-hybridized carbons (Fsp3) is 0.0385. The first kappa shape index (κ1) is 29.5. The van der Waals surface area contributed by atoms with Crippen LogP contribution >= 0.6 is 0 Å². The second-order valence-electron chi connectivity index (χ2n) is 8.69. The molecule has 1 heterocycles. The van der Waals surface area contributed by atoms with E-state index in [4.69, 9.17) is 0 Å². The average molecular weight is 574 g/mol. The van der Waals surface area contributed by atoms with E-state index in [-0.39, 0.29) is 40.8 Å². The molecule has 0 fully saturated rings. The summed E-state index contributed by atoms with van der Waals surface area (Å²) in [5, 5.41) is 10.1. The van der Waals surface area contributed by atoms with Gasteiger partial charge >= 0.3 is 29.6 Å². The van der Waals surface area contributed by atoms with Crippen molar-refractivity contribution >= 4 is 28.4 Å². The molecule has 40 heavy (non-hydrogen) atoms. The molecule has 1 aliphatic heterocycles. The standard InChI is InChI=1S/C26H10BF10N2.Na/c28-17-15(18(29)22(33)25(36)21(17)32)27(16-19(30)23(34)26(37)24(35)20(16)31)13-9-5-4-8-12(13)14(10-38)39(27)11-6-2-1-3-7-11;/h1-9,14H;/q-1;+1. The van der Waals surface area contributed by atoms with E-state index in [1.54, 1.807) is 6.07 Å². The number of nitriles is 1. The summed E-state index contributed by atoms with van der Waals surface area (Å²) in [6.45, 7) is 0. The third-order valence-corrected chi connectivity index (χ3v) is 6.94. The Morgan fingerprint density at radius 3 is 1.35 bits per heavy atom. The van der Waals surface area contributed by atoms with Gasteiger partial charge in [0.15, 0.2) is 41.2 Å². The molecular weight excluding hydrogens is 564 g/mol. The molecule has 0 aliphatic carbocycles. The first-order valence-corrected chi connectivity index (χ1v) is 11.0. The van der Waals surface area contributed by atoms with Crippen LogP contribution in [-0.2, 0) is 0 Å². The van der Waals surface area contributed by atoms with Crippen molar-refractivity contribution < 1.29 is 73.5 Å². The first-order chi connectivity index (χ1) is 18.5. The molecule has 0 spiro atoms. The van der Waals surface area contributed by atoms with E-state index >= 15 is 17.6 Å². The third-order valence-electron chi connectivity index (χ3n) is 6.94. The summed E-state index contributed by atoms with van der Waals surface area (Å²) in [5.41, 5.74) is -4.85. The number of halogens is 10. The maximum absolute atomic E-state index is 15.6. The molecule has 0 N–H and O–H groups in total. The molecule has 4 aromatic carbocycles. The van der Waals surface area contributed by atoms with Crippen LogP contribution in [0.5, 0.6) is 0 Å². The van der Waals surface area contributed by atoms with E-state index in [0.29, 0.717) is 4.81 Å². The maximum Gasteiger partial charge on any atom is 1.00 e. The zero-order valence-electron chi connectivity index (χ0n) is 20.0. The quantitative estimate of drug-likeness (QED) is 0.163. The smallest absolute Gasteiger partial charge is 0.516 e. The van der Waals surface area contributed by atoms with Crippen LogP contribution in [0.15, 0.2) is 54.6 Å². The summed E-state index contributed by atoms with van der Waals surface area (Å²) in [6, 6.07) is 11.0. The van der Waals surface area contributed by atoms with E-state index in [1.165, 1.54) is 42.5 Å². The monoisotopic (exact) mass is 574 g/mol. The molecule has 1 aliphatic rings. The largest absolute Gasteiger partial charge is 1.00 e. The van der Waals surface area contributed by atoms with Crippen LogP contribution in [0.1, 0.15) is 11.6 Å². The van der Waals surface area contributed by atoms with Crippen LogP contribution < -0.4 is 50.8 Å². The zero-order valence-corrected chi connectivity index (χ0v) is 22.0. The molecule has 0 saturated heterocycles. The zero-order chi connectivity index (χ0) is 28.4. The van der Waals surface area contributed by atoms with Crippen molar-refractivity contribution in [2.45, 2.75) is 6.04 Å². The van der Waals surface area contributed by atoms with Crippen LogP contribution in [0.4, 0.5) is 49.6 Å². The number of hydrogen-bond donors (Lipinski definition) is 0. The van der Waals surface area contributed by atoms with Crippen LogP contribution in [0.3, 0.4) is 0 Å². The Balaban J connectivity index is 0.00000370. The molecule has 1 atom stereocenters. The SMILES string of the molecule is N#CC1c2ccccc2[B-](c2c(F)c(F)c(F)c(F)c2F)(c2c(F)c(F)c(F)c(F)c2F)N1c1ccccc1.[Na+]. The third kappa shape index (κ3) is 3.77. The van der Waals surface area contributed by atoms with Crippen molar-refractivity contribution in [1.82, 2.24) is 0 Å². The van der Waals surface area contributed by atoms with E-state index in [2.05, 4.69) is 0 Å². The Hall–Kier alpha value is -3.47. The Morgan fingerprint density at radius 1 is 0.550 bits per heavy atom. The average Bonchev–Trinajstić information content (AvgIpc) is 3.24. The summed E-state index contributed by atoms with van der Waals surface area (Å²) in [6.07, 6.45) is -4.51. The minimum absolute atomic E-state index is 0. The van der Waals surface area contributed by atoms with Gasteiger partial charge in [-0.15, -0.1) is 10.9 Å². The van der Waals surface area contributed by atoms with Gasteiger partial charge in [0.25, 0.3) is 0 Å². The Bertz CT molecular complexity index is 1580. The second-order valence-corrected chi connectivity index (χ2v) is 8.69. The number of rotatable bonds is 3. The van der Waals surface area contributed by atoms with Crippen LogP contribution in [0.25, 0.3) is 0 Å². The Kier molecular flexibility index (Phi) is 7.75. The van der Waals surface area contributed by atoms with Gasteiger partial charge in [0.05, 0.1) is 6.07 Å². The molecule has 5 rings (SSSR count). The van der Waals surface area contributed by atoms with Crippen molar-refractivity contribution in [3.8, 4) is 6.07 Å². The molecule has 14 heteroatoms. The summed E-state index contributed by atoms with van der Waals surface area (Å²) in [4.78, 5) is 0.626. The molecule has 2 nitrogen and oxygen atoms in total. The summed E-state index contributed by atoms with van der Waals surface area (Å²) in [7, 11) is 0. The molecule has 198 valence electrons. The molecule has 1 unspecified atom stereocenters. The van der Waals surface area contributed by atoms with Gasteiger partial charge in [0, 0.05) is 0 Å². The van der Waals surface area contributed by atoms with Crippen LogP contribution in [-0.4, -0.2) is 6.28 Å². The number of fused-ring (bicyclic) bond motifs is 1.